The first-order chi connectivity index (χ1) is 17.7. The highest BCUT2D eigenvalue weighted by molar-refractivity contribution is 8.00. The van der Waals surface area contributed by atoms with E-state index in [4.69, 9.17) is 4.74 Å². The fourth-order valence-electron chi connectivity index (χ4n) is 4.13. The number of non-ortho nitro benzene ring substituents is 1. The van der Waals surface area contributed by atoms with Gasteiger partial charge in [-0.3, -0.25) is 19.7 Å². The number of hydrogen-bond donors (Lipinski definition) is 1. The molecule has 2 heterocycles. The number of aryl methyl sites for hydroxylation is 1. The van der Waals surface area contributed by atoms with Crippen LogP contribution in [0.1, 0.15) is 41.1 Å². The van der Waals surface area contributed by atoms with E-state index in [0.717, 1.165) is 47.0 Å². The van der Waals surface area contributed by atoms with E-state index >= 15 is 0 Å². The Hall–Kier alpha value is -3.03. The van der Waals surface area contributed by atoms with Crippen molar-refractivity contribution in [2.45, 2.75) is 33.1 Å². The minimum absolute atomic E-state index is 0.00893. The lowest BCUT2D eigenvalue weighted by Gasteiger charge is -2.18. The zero-order chi connectivity index (χ0) is 26.7. The summed E-state index contributed by atoms with van der Waals surface area (Å²) >= 11 is 3.74. The van der Waals surface area contributed by atoms with Gasteiger partial charge in [0, 0.05) is 24.1 Å². The summed E-state index contributed by atoms with van der Waals surface area (Å²) in [5.74, 6) is -0.615. The predicted octanol–water partition coefficient (Wildman–Crippen LogP) is 4.31. The SMILES string of the molecule is CCOC(=O)c1c(NC(=O)CSCC(=O)N=c2sc3cc([N+](=O)[O-])ccc3n2C)sc2c1CCC(C)C2. The lowest BCUT2D eigenvalue weighted by atomic mass is 9.88. The zero-order valence-electron chi connectivity index (χ0n) is 20.6. The molecule has 0 fully saturated rings. The molecule has 37 heavy (non-hydrogen) atoms. The van der Waals surface area contributed by atoms with Crippen LogP contribution in [-0.4, -0.2) is 45.4 Å². The minimum atomic E-state index is -0.468. The molecule has 1 N–H and O–H groups in total. The molecule has 13 heteroatoms. The number of esters is 1. The Morgan fingerprint density at radius 3 is 2.81 bits per heavy atom. The normalized spacial score (nSPS) is 15.4. The maximum Gasteiger partial charge on any atom is 0.341 e. The third-order valence-electron chi connectivity index (χ3n) is 5.93. The smallest absolute Gasteiger partial charge is 0.341 e. The molecule has 2 amide bonds. The number of hydrogen-bond acceptors (Lipinski definition) is 9. The number of nitrogens with one attached hydrogen (secondary N) is 1. The summed E-state index contributed by atoms with van der Waals surface area (Å²) in [5.41, 5.74) is 2.14. The van der Waals surface area contributed by atoms with Gasteiger partial charge in [0.2, 0.25) is 5.91 Å². The van der Waals surface area contributed by atoms with Crippen LogP contribution in [0.2, 0.25) is 0 Å². The molecule has 1 aliphatic carbocycles. The van der Waals surface area contributed by atoms with Crippen molar-refractivity contribution in [2.24, 2.45) is 18.0 Å². The fraction of sp³-hybridized carbons (Fsp3) is 0.417. The largest absolute Gasteiger partial charge is 0.462 e. The third-order valence-corrected chi connectivity index (χ3v) is 9.11. The van der Waals surface area contributed by atoms with Crippen LogP contribution < -0.4 is 10.1 Å². The second-order valence-corrected chi connectivity index (χ2v) is 11.8. The summed E-state index contributed by atoms with van der Waals surface area (Å²) in [7, 11) is 1.74. The van der Waals surface area contributed by atoms with E-state index in [1.54, 1.807) is 24.6 Å². The summed E-state index contributed by atoms with van der Waals surface area (Å²) < 4.78 is 7.60. The monoisotopic (exact) mass is 562 g/mol. The highest BCUT2D eigenvalue weighted by Gasteiger charge is 2.29. The molecular formula is C24H26N4O6S3. The van der Waals surface area contributed by atoms with Crippen LogP contribution in [-0.2, 0) is 34.2 Å². The lowest BCUT2D eigenvalue weighted by Crippen LogP contribution is -2.18. The standard InChI is InChI=1S/C24H26N4O6S3/c1-4-34-23(31)21-15-7-5-13(2)9-17(15)36-22(21)25-19(29)11-35-12-20(30)26-24-27(3)16-8-6-14(28(32)33)10-18(16)37-24/h6,8,10,13H,4-5,7,9,11-12H2,1-3H3,(H,25,29). The second-order valence-electron chi connectivity index (χ2n) is 8.68. The molecule has 10 nitrogen and oxygen atoms in total. The highest BCUT2D eigenvalue weighted by atomic mass is 32.2. The van der Waals surface area contributed by atoms with Crippen LogP contribution in [0.15, 0.2) is 23.2 Å². The molecule has 1 aliphatic rings. The quantitative estimate of drug-likeness (QED) is 0.246. The molecule has 0 saturated carbocycles. The number of aromatic nitrogens is 1. The Balaban J connectivity index is 1.40. The summed E-state index contributed by atoms with van der Waals surface area (Å²) in [5, 5.41) is 14.4. The second kappa shape index (κ2) is 11.6. The molecule has 0 radical (unpaired) electrons. The first-order valence-corrected chi connectivity index (χ1v) is 14.5. The van der Waals surface area contributed by atoms with E-state index in [1.807, 2.05) is 0 Å². The van der Waals surface area contributed by atoms with Crippen LogP contribution in [0.3, 0.4) is 0 Å². The van der Waals surface area contributed by atoms with E-state index in [1.165, 1.54) is 34.8 Å². The van der Waals surface area contributed by atoms with Crippen molar-refractivity contribution >= 4 is 73.1 Å². The van der Waals surface area contributed by atoms with Gasteiger partial charge in [-0.05, 0) is 43.7 Å². The number of thiophene rings is 1. The fourth-order valence-corrected chi connectivity index (χ4v) is 7.22. The number of benzene rings is 1. The Kier molecular flexibility index (Phi) is 8.45. The maximum absolute atomic E-state index is 12.6. The Labute approximate surface area is 224 Å². The Bertz CT molecular complexity index is 1450. The van der Waals surface area contributed by atoms with Crippen LogP contribution in [0, 0.1) is 16.0 Å². The van der Waals surface area contributed by atoms with E-state index in [0.29, 0.717) is 26.0 Å². The number of nitro benzene ring substituents is 1. The van der Waals surface area contributed by atoms with Gasteiger partial charge >= 0.3 is 5.97 Å². The number of fused-ring (bicyclic) bond motifs is 2. The molecule has 4 rings (SSSR count). The van der Waals surface area contributed by atoms with Crippen molar-refractivity contribution in [3.05, 3.63) is 49.1 Å². The Morgan fingerprint density at radius 2 is 2.08 bits per heavy atom. The molecule has 0 spiro atoms. The number of nitro groups is 1. The van der Waals surface area contributed by atoms with Gasteiger partial charge in [0.05, 0.1) is 38.8 Å². The van der Waals surface area contributed by atoms with E-state index in [-0.39, 0.29) is 29.7 Å². The minimum Gasteiger partial charge on any atom is -0.462 e. The van der Waals surface area contributed by atoms with Crippen LogP contribution in [0.4, 0.5) is 10.7 Å². The average Bonchev–Trinajstić information content (AvgIpc) is 3.34. The van der Waals surface area contributed by atoms with Crippen LogP contribution in [0.5, 0.6) is 0 Å². The molecule has 1 aromatic carbocycles. The van der Waals surface area contributed by atoms with Crippen molar-refractivity contribution in [2.75, 3.05) is 23.4 Å². The zero-order valence-corrected chi connectivity index (χ0v) is 23.0. The summed E-state index contributed by atoms with van der Waals surface area (Å²) in [4.78, 5) is 53.9. The molecule has 2 aromatic heterocycles. The van der Waals surface area contributed by atoms with Gasteiger partial charge in [0.1, 0.15) is 5.00 Å². The van der Waals surface area contributed by atoms with Gasteiger partial charge in [0.15, 0.2) is 4.80 Å². The number of carbonyl (C=O) groups excluding carboxylic acids is 3. The highest BCUT2D eigenvalue weighted by Crippen LogP contribution is 2.40. The van der Waals surface area contributed by atoms with Crippen molar-refractivity contribution in [1.82, 2.24) is 4.57 Å². The predicted molar refractivity (Wildman–Crippen MR) is 145 cm³/mol. The molecule has 1 unspecified atom stereocenters. The van der Waals surface area contributed by atoms with Gasteiger partial charge in [0.25, 0.3) is 11.6 Å². The number of thiazole rings is 1. The molecule has 0 saturated heterocycles. The summed E-state index contributed by atoms with van der Waals surface area (Å²) in [6, 6.07) is 4.49. The molecule has 0 bridgehead atoms. The van der Waals surface area contributed by atoms with Crippen molar-refractivity contribution in [1.29, 1.82) is 0 Å². The molecule has 196 valence electrons. The lowest BCUT2D eigenvalue weighted by molar-refractivity contribution is -0.384. The van der Waals surface area contributed by atoms with Crippen LogP contribution in [0.25, 0.3) is 10.2 Å². The third kappa shape index (κ3) is 6.11. The number of amides is 2. The van der Waals surface area contributed by atoms with Crippen molar-refractivity contribution in [3.63, 3.8) is 0 Å². The number of ether oxygens (including phenoxy) is 1. The van der Waals surface area contributed by atoms with Gasteiger partial charge in [-0.25, -0.2) is 4.79 Å². The summed E-state index contributed by atoms with van der Waals surface area (Å²) in [6.07, 6.45) is 2.64. The molecule has 1 atom stereocenters. The topological polar surface area (TPSA) is 133 Å². The summed E-state index contributed by atoms with van der Waals surface area (Å²) in [6.45, 7) is 4.17. The van der Waals surface area contributed by atoms with Gasteiger partial charge < -0.3 is 14.6 Å². The van der Waals surface area contributed by atoms with E-state index < -0.39 is 16.8 Å². The molecular weight excluding hydrogens is 536 g/mol. The van der Waals surface area contributed by atoms with Crippen molar-refractivity contribution in [3.8, 4) is 0 Å². The van der Waals surface area contributed by atoms with Crippen LogP contribution >= 0.6 is 34.4 Å². The number of anilines is 1. The maximum atomic E-state index is 12.6. The van der Waals surface area contributed by atoms with Crippen molar-refractivity contribution < 1.29 is 24.0 Å². The Morgan fingerprint density at radius 1 is 1.30 bits per heavy atom. The number of rotatable bonds is 8. The number of thioether (sulfide) groups is 1. The van der Waals surface area contributed by atoms with E-state index in [2.05, 4.69) is 17.2 Å². The van der Waals surface area contributed by atoms with Gasteiger partial charge in [-0.2, -0.15) is 4.99 Å². The number of carbonyl (C=O) groups is 3. The average molecular weight is 563 g/mol. The molecule has 0 aliphatic heterocycles. The number of nitrogens with zero attached hydrogens (tertiary/aromatic N) is 3. The van der Waals surface area contributed by atoms with Gasteiger partial charge in [-0.1, -0.05) is 18.3 Å². The first kappa shape index (κ1) is 27.0. The first-order valence-electron chi connectivity index (χ1n) is 11.7. The van der Waals surface area contributed by atoms with Gasteiger partial charge in [-0.15, -0.1) is 23.1 Å². The molecule has 3 aromatic rings. The van der Waals surface area contributed by atoms with E-state index in [9.17, 15) is 24.5 Å².